The molecule has 1 rings (SSSR count). The van der Waals surface area contributed by atoms with Crippen LogP contribution < -0.4 is 0 Å². The monoisotopic (exact) mass is 228 g/mol. The molecule has 0 fully saturated rings. The Morgan fingerprint density at radius 1 is 1.29 bits per heavy atom. The van der Waals surface area contributed by atoms with Crippen molar-refractivity contribution in [3.05, 3.63) is 29.8 Å². The molecule has 1 nitrogen and oxygen atoms in total. The quantitative estimate of drug-likeness (QED) is 0.615. The van der Waals surface area contributed by atoms with Crippen LogP contribution in [0.25, 0.3) is 0 Å². The third-order valence-electron chi connectivity index (χ3n) is 2.21. The van der Waals surface area contributed by atoms with Crippen molar-refractivity contribution in [3.63, 3.8) is 0 Å². The lowest BCUT2D eigenvalue weighted by Crippen LogP contribution is -2.15. The van der Waals surface area contributed by atoms with Crippen molar-refractivity contribution in [2.24, 2.45) is 0 Å². The van der Waals surface area contributed by atoms with Gasteiger partial charge in [-0.15, -0.1) is 0 Å². The van der Waals surface area contributed by atoms with Gasteiger partial charge in [-0.05, 0) is 24.1 Å². The summed E-state index contributed by atoms with van der Waals surface area (Å²) in [5.41, 5.74) is 1.03. The normalized spacial score (nSPS) is 11.6. The zero-order valence-electron chi connectivity index (χ0n) is 8.76. The number of aryl methyl sites for hydroxylation is 1. The fourth-order valence-electron chi connectivity index (χ4n) is 1.42. The Bertz CT molecular complexity index is 294. The summed E-state index contributed by atoms with van der Waals surface area (Å²) in [6.07, 6.45) is 2.00. The molecular weight excluding hydrogens is 212 g/mol. The van der Waals surface area contributed by atoms with E-state index in [1.807, 2.05) is 18.2 Å². The second-order valence-electron chi connectivity index (χ2n) is 4.20. The van der Waals surface area contributed by atoms with Crippen molar-refractivity contribution in [1.29, 1.82) is 0 Å². The van der Waals surface area contributed by atoms with Crippen LogP contribution in [-0.4, -0.2) is 12.5 Å². The summed E-state index contributed by atoms with van der Waals surface area (Å²) >= 11 is 6.22. The van der Waals surface area contributed by atoms with Crippen LogP contribution in [0.15, 0.2) is 24.3 Å². The predicted octanol–water partition coefficient (Wildman–Crippen LogP) is 3.77. The summed E-state index contributed by atoms with van der Waals surface area (Å²) in [7, 11) is -1.44. The van der Waals surface area contributed by atoms with Gasteiger partial charge >= 0.3 is 0 Å². The van der Waals surface area contributed by atoms with E-state index in [-0.39, 0.29) is 0 Å². The Labute approximate surface area is 91.4 Å². The maximum Gasteiger partial charge on any atom is 0.150 e. The summed E-state index contributed by atoms with van der Waals surface area (Å²) in [4.78, 5) is 0. The molecule has 0 spiro atoms. The molecule has 0 saturated heterocycles. The first-order chi connectivity index (χ1) is 6.49. The molecule has 0 atom stereocenters. The zero-order chi connectivity index (χ0) is 10.6. The van der Waals surface area contributed by atoms with E-state index in [0.29, 0.717) is 5.75 Å². The second-order valence-corrected chi connectivity index (χ2v) is 11.2. The van der Waals surface area contributed by atoms with Crippen molar-refractivity contribution in [2.75, 3.05) is 0 Å². The number of hydrogen-bond donors (Lipinski definition) is 1. The van der Waals surface area contributed by atoms with E-state index in [0.717, 1.165) is 24.4 Å². The van der Waals surface area contributed by atoms with E-state index in [1.54, 1.807) is 6.07 Å². The van der Waals surface area contributed by atoms with E-state index in [2.05, 4.69) is 13.1 Å². The molecule has 0 radical (unpaired) electrons. The topological polar surface area (TPSA) is 20.2 Å². The molecule has 0 saturated carbocycles. The molecule has 14 heavy (non-hydrogen) atoms. The van der Waals surface area contributed by atoms with Crippen molar-refractivity contribution >= 4 is 18.5 Å². The number of halogens is 1. The number of benzene rings is 1. The summed E-state index contributed by atoms with van der Waals surface area (Å²) in [5.74, 6) is 0.404. The third-order valence-corrected chi connectivity index (χ3v) is 4.32. The van der Waals surface area contributed by atoms with Crippen LogP contribution in [0.4, 0.5) is 0 Å². The summed E-state index contributed by atoms with van der Waals surface area (Å²) in [6, 6.07) is 8.61. The standard InChI is InChI=1S/C11H17ClOSi/c1-14(2,12)9-5-7-10-6-3-4-8-11(10)13/h3-4,6,8,13H,5,7,9H2,1-2H3. The van der Waals surface area contributed by atoms with Crippen LogP contribution >= 0.6 is 11.1 Å². The Morgan fingerprint density at radius 3 is 2.50 bits per heavy atom. The molecule has 1 aromatic carbocycles. The van der Waals surface area contributed by atoms with E-state index < -0.39 is 7.38 Å². The molecule has 0 aliphatic heterocycles. The van der Waals surface area contributed by atoms with Gasteiger partial charge in [0.2, 0.25) is 0 Å². The fraction of sp³-hybridized carbons (Fsp3) is 0.455. The van der Waals surface area contributed by atoms with Crippen LogP contribution in [0, 0.1) is 0 Å². The van der Waals surface area contributed by atoms with Gasteiger partial charge in [-0.25, -0.2) is 0 Å². The van der Waals surface area contributed by atoms with Crippen molar-refractivity contribution in [3.8, 4) is 5.75 Å². The Hall–Kier alpha value is -0.473. The van der Waals surface area contributed by atoms with Gasteiger partial charge in [0.1, 0.15) is 5.75 Å². The molecule has 0 amide bonds. The molecule has 0 heterocycles. The van der Waals surface area contributed by atoms with Crippen molar-refractivity contribution < 1.29 is 5.11 Å². The molecule has 78 valence electrons. The van der Waals surface area contributed by atoms with Gasteiger partial charge in [0.15, 0.2) is 7.38 Å². The number of hydrogen-bond acceptors (Lipinski definition) is 1. The first kappa shape index (κ1) is 11.6. The minimum Gasteiger partial charge on any atom is -0.508 e. The van der Waals surface area contributed by atoms with Crippen LogP contribution in [0.1, 0.15) is 12.0 Å². The average molecular weight is 229 g/mol. The number of aromatic hydroxyl groups is 1. The van der Waals surface area contributed by atoms with E-state index in [9.17, 15) is 5.11 Å². The largest absolute Gasteiger partial charge is 0.508 e. The molecule has 1 aromatic rings. The summed E-state index contributed by atoms with van der Waals surface area (Å²) < 4.78 is 0. The molecule has 0 aliphatic rings. The average Bonchev–Trinajstić information content (AvgIpc) is 2.06. The second kappa shape index (κ2) is 4.85. The zero-order valence-corrected chi connectivity index (χ0v) is 10.5. The van der Waals surface area contributed by atoms with Crippen molar-refractivity contribution in [2.45, 2.75) is 32.0 Å². The highest BCUT2D eigenvalue weighted by molar-refractivity contribution is 7.19. The summed E-state index contributed by atoms with van der Waals surface area (Å²) in [5, 5.41) is 9.52. The van der Waals surface area contributed by atoms with E-state index >= 15 is 0 Å². The fourth-order valence-corrected chi connectivity index (χ4v) is 2.84. The van der Waals surface area contributed by atoms with Crippen molar-refractivity contribution in [1.82, 2.24) is 0 Å². The van der Waals surface area contributed by atoms with Gasteiger partial charge in [0.05, 0.1) is 0 Å². The number of phenols is 1. The predicted molar refractivity (Wildman–Crippen MR) is 64.6 cm³/mol. The lowest BCUT2D eigenvalue weighted by atomic mass is 10.1. The lowest BCUT2D eigenvalue weighted by molar-refractivity contribution is 0.467. The van der Waals surface area contributed by atoms with E-state index in [1.165, 1.54) is 0 Å². The van der Waals surface area contributed by atoms with Gasteiger partial charge in [-0.3, -0.25) is 0 Å². The number of para-hydroxylation sites is 1. The van der Waals surface area contributed by atoms with Gasteiger partial charge in [0, 0.05) is 0 Å². The summed E-state index contributed by atoms with van der Waals surface area (Å²) in [6.45, 7) is 4.30. The van der Waals surface area contributed by atoms with Gasteiger partial charge in [-0.2, -0.15) is 11.1 Å². The third kappa shape index (κ3) is 4.16. The molecule has 3 heteroatoms. The van der Waals surface area contributed by atoms with Crippen LogP contribution in [0.3, 0.4) is 0 Å². The Kier molecular flexibility index (Phi) is 4.02. The van der Waals surface area contributed by atoms with Crippen LogP contribution in [0.5, 0.6) is 5.75 Å². The number of phenolic OH excluding ortho intramolecular Hbond substituents is 1. The molecule has 0 bridgehead atoms. The van der Waals surface area contributed by atoms with Crippen LogP contribution in [0.2, 0.25) is 19.1 Å². The number of rotatable bonds is 4. The maximum atomic E-state index is 9.52. The van der Waals surface area contributed by atoms with Crippen LogP contribution in [-0.2, 0) is 6.42 Å². The molecular formula is C11H17ClOSi. The smallest absolute Gasteiger partial charge is 0.150 e. The molecule has 1 N–H and O–H groups in total. The lowest BCUT2D eigenvalue weighted by Gasteiger charge is -2.12. The highest BCUT2D eigenvalue weighted by Gasteiger charge is 2.16. The van der Waals surface area contributed by atoms with E-state index in [4.69, 9.17) is 11.1 Å². The highest BCUT2D eigenvalue weighted by atomic mass is 35.6. The Balaban J connectivity index is 2.43. The SMILES string of the molecule is C[Si](C)(Cl)CCCc1ccccc1O. The molecule has 0 aliphatic carbocycles. The Morgan fingerprint density at radius 2 is 1.93 bits per heavy atom. The molecule has 0 aromatic heterocycles. The molecule has 0 unspecified atom stereocenters. The van der Waals surface area contributed by atoms with Gasteiger partial charge < -0.3 is 5.11 Å². The highest BCUT2D eigenvalue weighted by Crippen LogP contribution is 2.22. The van der Waals surface area contributed by atoms with Gasteiger partial charge in [0.25, 0.3) is 0 Å². The maximum absolute atomic E-state index is 9.52. The first-order valence-electron chi connectivity index (χ1n) is 4.95. The minimum absolute atomic E-state index is 0.404. The first-order valence-corrected chi connectivity index (χ1v) is 9.17. The minimum atomic E-state index is -1.44. The van der Waals surface area contributed by atoms with Gasteiger partial charge in [-0.1, -0.05) is 37.7 Å².